The summed E-state index contributed by atoms with van der Waals surface area (Å²) in [6, 6.07) is 7.19. The third kappa shape index (κ3) is 3.70. The summed E-state index contributed by atoms with van der Waals surface area (Å²) in [6.07, 6.45) is 6.80. The number of benzene rings is 1. The zero-order chi connectivity index (χ0) is 11.3. The summed E-state index contributed by atoms with van der Waals surface area (Å²) in [5, 5.41) is 2.74. The lowest BCUT2D eigenvalue weighted by Crippen LogP contribution is -2.08. The van der Waals surface area contributed by atoms with E-state index >= 15 is 0 Å². The Morgan fingerprint density at radius 2 is 2.20 bits per heavy atom. The van der Waals surface area contributed by atoms with Crippen molar-refractivity contribution in [3.8, 4) is 12.3 Å². The number of terminal acetylenes is 1. The van der Waals surface area contributed by atoms with E-state index in [2.05, 4.69) is 11.2 Å². The molecule has 0 spiro atoms. The van der Waals surface area contributed by atoms with Crippen LogP contribution in [0.3, 0.4) is 0 Å². The van der Waals surface area contributed by atoms with Crippen molar-refractivity contribution in [2.75, 3.05) is 5.32 Å². The summed E-state index contributed by atoms with van der Waals surface area (Å²) < 4.78 is 0. The lowest BCUT2D eigenvalue weighted by molar-refractivity contribution is -0.111. The molecule has 0 atom stereocenters. The largest absolute Gasteiger partial charge is 0.322 e. The van der Waals surface area contributed by atoms with Crippen LogP contribution in [-0.2, 0) is 4.79 Å². The second-order valence-corrected chi connectivity index (χ2v) is 3.44. The van der Waals surface area contributed by atoms with Crippen LogP contribution in [0.1, 0.15) is 19.4 Å². The van der Waals surface area contributed by atoms with Crippen LogP contribution in [0, 0.1) is 12.3 Å². The Kier molecular flexibility index (Phi) is 3.70. The van der Waals surface area contributed by atoms with Crippen molar-refractivity contribution in [2.45, 2.75) is 13.8 Å². The number of nitrogens with one attached hydrogen (secondary N) is 1. The highest BCUT2D eigenvalue weighted by molar-refractivity contribution is 5.99. The molecule has 0 saturated heterocycles. The minimum atomic E-state index is -0.135. The fourth-order valence-electron chi connectivity index (χ4n) is 1.13. The Hall–Kier alpha value is -2.01. The smallest absolute Gasteiger partial charge is 0.248 e. The number of carbonyl (C=O) groups is 1. The normalized spacial score (nSPS) is 8.87. The second kappa shape index (κ2) is 5.02. The topological polar surface area (TPSA) is 29.1 Å². The molecule has 0 saturated carbocycles. The minimum Gasteiger partial charge on any atom is -0.322 e. The summed E-state index contributed by atoms with van der Waals surface area (Å²) >= 11 is 0. The average molecular weight is 199 g/mol. The van der Waals surface area contributed by atoms with Crippen LogP contribution in [0.25, 0.3) is 0 Å². The van der Waals surface area contributed by atoms with Gasteiger partial charge in [0.1, 0.15) is 0 Å². The summed E-state index contributed by atoms with van der Waals surface area (Å²) in [7, 11) is 0. The summed E-state index contributed by atoms with van der Waals surface area (Å²) in [5.74, 6) is 2.38. The van der Waals surface area contributed by atoms with Crippen LogP contribution >= 0.6 is 0 Å². The zero-order valence-electron chi connectivity index (χ0n) is 8.87. The Balaban J connectivity index is 2.78. The average Bonchev–Trinajstić information content (AvgIpc) is 2.16. The molecule has 15 heavy (non-hydrogen) atoms. The molecule has 0 unspecified atom stereocenters. The Bertz CT molecular complexity index is 434. The number of anilines is 1. The van der Waals surface area contributed by atoms with Gasteiger partial charge >= 0.3 is 0 Å². The van der Waals surface area contributed by atoms with E-state index in [-0.39, 0.29) is 5.91 Å². The van der Waals surface area contributed by atoms with Crippen molar-refractivity contribution >= 4 is 11.6 Å². The third-order valence-electron chi connectivity index (χ3n) is 1.72. The molecule has 1 rings (SSSR count). The van der Waals surface area contributed by atoms with Crippen molar-refractivity contribution in [1.29, 1.82) is 0 Å². The van der Waals surface area contributed by atoms with Gasteiger partial charge in [-0.3, -0.25) is 4.79 Å². The van der Waals surface area contributed by atoms with Gasteiger partial charge in [-0.1, -0.05) is 17.6 Å². The number of amides is 1. The first-order valence-electron chi connectivity index (χ1n) is 4.64. The molecule has 2 heteroatoms. The molecule has 0 bridgehead atoms. The first-order chi connectivity index (χ1) is 7.11. The molecular weight excluding hydrogens is 186 g/mol. The summed E-state index contributed by atoms with van der Waals surface area (Å²) in [5.41, 5.74) is 2.43. The predicted molar refractivity (Wildman–Crippen MR) is 62.4 cm³/mol. The Labute approximate surface area is 90.0 Å². The van der Waals surface area contributed by atoms with Gasteiger partial charge in [0.2, 0.25) is 5.91 Å². The lowest BCUT2D eigenvalue weighted by atomic mass is 10.2. The zero-order valence-corrected chi connectivity index (χ0v) is 8.87. The molecule has 2 nitrogen and oxygen atoms in total. The number of allylic oxidation sites excluding steroid dienone is 1. The fraction of sp³-hybridized carbons (Fsp3) is 0.154. The van der Waals surface area contributed by atoms with Crippen molar-refractivity contribution in [1.82, 2.24) is 0 Å². The van der Waals surface area contributed by atoms with Gasteiger partial charge in [0.15, 0.2) is 0 Å². The minimum absolute atomic E-state index is 0.135. The van der Waals surface area contributed by atoms with E-state index in [0.717, 1.165) is 11.1 Å². The van der Waals surface area contributed by atoms with Gasteiger partial charge in [-0.05, 0) is 32.0 Å². The van der Waals surface area contributed by atoms with Gasteiger partial charge in [0.25, 0.3) is 0 Å². The van der Waals surface area contributed by atoms with Crippen LogP contribution in [0.5, 0.6) is 0 Å². The van der Waals surface area contributed by atoms with E-state index in [4.69, 9.17) is 6.42 Å². The number of hydrogen-bond acceptors (Lipinski definition) is 1. The molecule has 0 aliphatic rings. The van der Waals surface area contributed by atoms with Crippen LogP contribution in [0.2, 0.25) is 0 Å². The van der Waals surface area contributed by atoms with Crippen molar-refractivity contribution < 1.29 is 4.79 Å². The molecule has 76 valence electrons. The number of hydrogen-bond donors (Lipinski definition) is 1. The van der Waals surface area contributed by atoms with Crippen molar-refractivity contribution in [3.05, 3.63) is 41.5 Å². The van der Waals surface area contributed by atoms with E-state index in [1.807, 2.05) is 26.0 Å². The Morgan fingerprint density at radius 1 is 1.47 bits per heavy atom. The molecule has 1 N–H and O–H groups in total. The molecular formula is C13H13NO. The van der Waals surface area contributed by atoms with Gasteiger partial charge in [-0.2, -0.15) is 0 Å². The van der Waals surface area contributed by atoms with Crippen LogP contribution in [0.4, 0.5) is 5.69 Å². The summed E-state index contributed by atoms with van der Waals surface area (Å²) in [4.78, 5) is 11.4. The molecule has 0 aliphatic carbocycles. The highest BCUT2D eigenvalue weighted by atomic mass is 16.1. The standard InChI is InChI=1S/C13H13NO/c1-4-11-6-5-7-12(9-11)14-13(15)8-10(2)3/h1,5-9H,2-3H3,(H,14,15). The maximum atomic E-state index is 11.4. The number of carbonyl (C=O) groups excluding carboxylic acids is 1. The van der Waals surface area contributed by atoms with Gasteiger partial charge in [-0.15, -0.1) is 6.42 Å². The SMILES string of the molecule is C#Cc1cccc(NC(=O)C=C(C)C)c1. The van der Waals surface area contributed by atoms with E-state index in [0.29, 0.717) is 5.69 Å². The maximum Gasteiger partial charge on any atom is 0.248 e. The van der Waals surface area contributed by atoms with Crippen LogP contribution in [0.15, 0.2) is 35.9 Å². The highest BCUT2D eigenvalue weighted by Crippen LogP contribution is 2.09. The molecule has 1 amide bonds. The monoisotopic (exact) mass is 199 g/mol. The summed E-state index contributed by atoms with van der Waals surface area (Å²) in [6.45, 7) is 3.74. The fourth-order valence-corrected chi connectivity index (χ4v) is 1.13. The first kappa shape index (κ1) is 11.1. The van der Waals surface area contributed by atoms with E-state index in [1.54, 1.807) is 18.2 Å². The van der Waals surface area contributed by atoms with Gasteiger partial charge in [0, 0.05) is 17.3 Å². The van der Waals surface area contributed by atoms with Gasteiger partial charge in [0.05, 0.1) is 0 Å². The van der Waals surface area contributed by atoms with Crippen LogP contribution in [-0.4, -0.2) is 5.91 Å². The molecule has 0 aromatic heterocycles. The number of rotatable bonds is 2. The molecule has 0 fully saturated rings. The quantitative estimate of drug-likeness (QED) is 0.575. The second-order valence-electron chi connectivity index (χ2n) is 3.44. The van der Waals surface area contributed by atoms with E-state index < -0.39 is 0 Å². The predicted octanol–water partition coefficient (Wildman–Crippen LogP) is 2.57. The lowest BCUT2D eigenvalue weighted by Gasteiger charge is -2.02. The van der Waals surface area contributed by atoms with Crippen molar-refractivity contribution in [2.24, 2.45) is 0 Å². The molecule has 1 aromatic carbocycles. The third-order valence-corrected chi connectivity index (χ3v) is 1.72. The molecule has 0 radical (unpaired) electrons. The van der Waals surface area contributed by atoms with Gasteiger partial charge in [-0.25, -0.2) is 0 Å². The maximum absolute atomic E-state index is 11.4. The van der Waals surface area contributed by atoms with Crippen molar-refractivity contribution in [3.63, 3.8) is 0 Å². The first-order valence-corrected chi connectivity index (χ1v) is 4.64. The highest BCUT2D eigenvalue weighted by Gasteiger charge is 1.98. The Morgan fingerprint density at radius 3 is 2.80 bits per heavy atom. The van der Waals surface area contributed by atoms with Gasteiger partial charge < -0.3 is 5.32 Å². The van der Waals surface area contributed by atoms with E-state index in [1.165, 1.54) is 0 Å². The molecule has 1 aromatic rings. The molecule has 0 aliphatic heterocycles. The van der Waals surface area contributed by atoms with Crippen LogP contribution < -0.4 is 5.32 Å². The molecule has 0 heterocycles. The van der Waals surface area contributed by atoms with E-state index in [9.17, 15) is 4.79 Å².